The van der Waals surface area contributed by atoms with Crippen molar-refractivity contribution in [3.63, 3.8) is 0 Å². The van der Waals surface area contributed by atoms with Gasteiger partial charge in [0.15, 0.2) is 0 Å². The predicted octanol–water partition coefficient (Wildman–Crippen LogP) is 14.0. The Morgan fingerprint density at radius 2 is 0.885 bits per heavy atom. The fraction of sp³-hybridized carbons (Fsp3) is 0.0588. The van der Waals surface area contributed by atoms with E-state index >= 15 is 0 Å². The first kappa shape index (κ1) is 29.7. The zero-order chi connectivity index (χ0) is 34.6. The third-order valence-electron chi connectivity index (χ3n) is 11.6. The monoisotopic (exact) mass is 678 g/mol. The Morgan fingerprint density at radius 1 is 0.365 bits per heavy atom. The zero-order valence-electron chi connectivity index (χ0n) is 29.1. The Labute approximate surface area is 308 Å². The van der Waals surface area contributed by atoms with Gasteiger partial charge in [-0.1, -0.05) is 169 Å². The molecular formula is C51H34S. The van der Waals surface area contributed by atoms with Gasteiger partial charge in [-0.15, -0.1) is 11.3 Å². The molecule has 0 N–H and O–H groups in total. The molecule has 1 atom stereocenters. The molecule has 0 nitrogen and oxygen atoms in total. The number of fused-ring (bicyclic) bond motifs is 12. The van der Waals surface area contributed by atoms with Crippen LogP contribution in [0.3, 0.4) is 0 Å². The summed E-state index contributed by atoms with van der Waals surface area (Å²) in [4.78, 5) is 1.40. The third kappa shape index (κ3) is 3.92. The maximum absolute atomic E-state index is 2.40. The average Bonchev–Trinajstić information content (AvgIpc) is 3.86. The molecule has 244 valence electrons. The highest BCUT2D eigenvalue weighted by Gasteiger charge is 2.52. The van der Waals surface area contributed by atoms with Gasteiger partial charge in [-0.2, -0.15) is 0 Å². The molecule has 0 saturated carbocycles. The molecule has 8 aromatic carbocycles. The minimum Gasteiger partial charge on any atom is -0.143 e. The SMILES string of the molecule is Cc1cc(C)cc(-c2ccc(-c3c4ccccc4c(-c4cccc5c4-c4ccccc4C54c5ccccc5-c5sccc54)c4ccccc34)cc2)c1. The molecule has 2 aliphatic carbocycles. The van der Waals surface area contributed by atoms with Crippen LogP contribution in [0.4, 0.5) is 0 Å². The Hall–Kier alpha value is -6.02. The summed E-state index contributed by atoms with van der Waals surface area (Å²) in [5.41, 5.74) is 19.5. The van der Waals surface area contributed by atoms with Gasteiger partial charge in [0.05, 0.1) is 5.41 Å². The first-order valence-corrected chi connectivity index (χ1v) is 19.0. The van der Waals surface area contributed by atoms with Crippen LogP contribution in [0.2, 0.25) is 0 Å². The summed E-state index contributed by atoms with van der Waals surface area (Å²) in [6, 6.07) is 61.9. The normalized spacial score (nSPS) is 15.2. The van der Waals surface area contributed by atoms with Gasteiger partial charge in [0.1, 0.15) is 0 Å². The highest BCUT2D eigenvalue weighted by Crippen LogP contribution is 2.65. The predicted molar refractivity (Wildman–Crippen MR) is 221 cm³/mol. The van der Waals surface area contributed by atoms with E-state index in [-0.39, 0.29) is 5.41 Å². The molecular weight excluding hydrogens is 645 g/mol. The Kier molecular flexibility index (Phi) is 6.27. The Balaban J connectivity index is 1.19. The lowest BCUT2D eigenvalue weighted by molar-refractivity contribution is 0.796. The van der Waals surface area contributed by atoms with Gasteiger partial charge < -0.3 is 0 Å². The van der Waals surface area contributed by atoms with Gasteiger partial charge in [0.2, 0.25) is 0 Å². The number of thiophene rings is 1. The highest BCUT2D eigenvalue weighted by molar-refractivity contribution is 7.14. The van der Waals surface area contributed by atoms with Crippen molar-refractivity contribution < 1.29 is 0 Å². The van der Waals surface area contributed by atoms with Gasteiger partial charge >= 0.3 is 0 Å². The summed E-state index contributed by atoms with van der Waals surface area (Å²) < 4.78 is 0. The lowest BCUT2D eigenvalue weighted by Crippen LogP contribution is -2.25. The van der Waals surface area contributed by atoms with E-state index in [4.69, 9.17) is 0 Å². The molecule has 9 aromatic rings. The smallest absolute Gasteiger partial charge is 0.0734 e. The maximum Gasteiger partial charge on any atom is 0.0734 e. The Bertz CT molecular complexity index is 2840. The van der Waals surface area contributed by atoms with E-state index in [1.165, 1.54) is 110 Å². The summed E-state index contributed by atoms with van der Waals surface area (Å²) in [6.45, 7) is 4.36. The standard InChI is InChI=1S/C51H34S/c1-31-28-32(2)30-35(29-31)33-22-24-34(25-23-33)47-36-12-3-5-14-38(36)48(39-15-6-4-13-37(39)47)42-18-11-21-45-49(42)40-16-7-9-19-43(40)51(45)44-20-10-8-17-41(44)50-46(51)26-27-52-50/h3-30H,1-2H3. The zero-order valence-corrected chi connectivity index (χ0v) is 29.9. The molecule has 11 rings (SSSR count). The lowest BCUT2D eigenvalue weighted by atomic mass is 9.71. The number of aryl methyl sites for hydroxylation is 2. The summed E-state index contributed by atoms with van der Waals surface area (Å²) in [5, 5.41) is 7.40. The van der Waals surface area contributed by atoms with Crippen LogP contribution in [-0.2, 0) is 5.41 Å². The Morgan fingerprint density at radius 3 is 1.56 bits per heavy atom. The van der Waals surface area contributed by atoms with E-state index in [2.05, 4.69) is 183 Å². The van der Waals surface area contributed by atoms with E-state index in [1.54, 1.807) is 0 Å². The molecule has 0 aliphatic heterocycles. The molecule has 2 aliphatic rings. The quantitative estimate of drug-likeness (QED) is 0.163. The van der Waals surface area contributed by atoms with Crippen LogP contribution in [-0.4, -0.2) is 0 Å². The van der Waals surface area contributed by atoms with Crippen molar-refractivity contribution >= 4 is 32.9 Å². The molecule has 1 aromatic heterocycles. The summed E-state index contributed by atoms with van der Waals surface area (Å²) in [6.07, 6.45) is 0. The van der Waals surface area contributed by atoms with Crippen molar-refractivity contribution in [2.24, 2.45) is 0 Å². The second-order valence-electron chi connectivity index (χ2n) is 14.5. The highest BCUT2D eigenvalue weighted by atomic mass is 32.1. The van der Waals surface area contributed by atoms with Crippen molar-refractivity contribution in [2.75, 3.05) is 0 Å². The second kappa shape index (κ2) is 11.0. The van der Waals surface area contributed by atoms with Crippen LogP contribution in [0.1, 0.15) is 33.4 Å². The van der Waals surface area contributed by atoms with Crippen LogP contribution in [0.25, 0.3) is 76.5 Å². The molecule has 0 bridgehead atoms. The minimum absolute atomic E-state index is 0.336. The van der Waals surface area contributed by atoms with Crippen LogP contribution in [0, 0.1) is 13.8 Å². The largest absolute Gasteiger partial charge is 0.143 e. The topological polar surface area (TPSA) is 0 Å². The molecule has 1 heterocycles. The molecule has 0 radical (unpaired) electrons. The summed E-state index contributed by atoms with van der Waals surface area (Å²) in [7, 11) is 0. The molecule has 1 spiro atoms. The van der Waals surface area contributed by atoms with Gasteiger partial charge in [0, 0.05) is 4.88 Å². The van der Waals surface area contributed by atoms with Crippen LogP contribution >= 0.6 is 11.3 Å². The number of rotatable bonds is 3. The maximum atomic E-state index is 2.40. The van der Waals surface area contributed by atoms with Crippen LogP contribution in [0.15, 0.2) is 169 Å². The van der Waals surface area contributed by atoms with Crippen molar-refractivity contribution in [3.8, 4) is 54.9 Å². The fourth-order valence-corrected chi connectivity index (χ4v) is 10.8. The average molecular weight is 679 g/mol. The third-order valence-corrected chi connectivity index (χ3v) is 12.6. The number of benzene rings is 8. The van der Waals surface area contributed by atoms with Crippen LogP contribution < -0.4 is 0 Å². The second-order valence-corrected chi connectivity index (χ2v) is 15.4. The van der Waals surface area contributed by atoms with Gasteiger partial charge in [-0.25, -0.2) is 0 Å². The van der Waals surface area contributed by atoms with E-state index in [9.17, 15) is 0 Å². The van der Waals surface area contributed by atoms with Crippen molar-refractivity contribution in [1.29, 1.82) is 0 Å². The van der Waals surface area contributed by atoms with E-state index in [1.807, 2.05) is 11.3 Å². The molecule has 1 unspecified atom stereocenters. The molecule has 0 saturated heterocycles. The number of hydrogen-bond acceptors (Lipinski definition) is 1. The van der Waals surface area contributed by atoms with Gasteiger partial charge in [0.25, 0.3) is 0 Å². The van der Waals surface area contributed by atoms with Gasteiger partial charge in [-0.05, 0) is 119 Å². The molecule has 0 fully saturated rings. The molecule has 1 heteroatoms. The van der Waals surface area contributed by atoms with E-state index < -0.39 is 0 Å². The van der Waals surface area contributed by atoms with E-state index in [0.717, 1.165) is 0 Å². The molecule has 52 heavy (non-hydrogen) atoms. The lowest BCUT2D eigenvalue weighted by Gasteiger charge is -2.30. The first-order valence-electron chi connectivity index (χ1n) is 18.2. The number of hydrogen-bond donors (Lipinski definition) is 0. The fourth-order valence-electron chi connectivity index (χ4n) is 9.78. The minimum atomic E-state index is -0.336. The van der Waals surface area contributed by atoms with E-state index in [0.29, 0.717) is 0 Å². The van der Waals surface area contributed by atoms with Crippen molar-refractivity contribution in [1.82, 2.24) is 0 Å². The van der Waals surface area contributed by atoms with Crippen LogP contribution in [0.5, 0.6) is 0 Å². The van der Waals surface area contributed by atoms with Crippen molar-refractivity contribution in [3.05, 3.63) is 203 Å². The van der Waals surface area contributed by atoms with Crippen molar-refractivity contribution in [2.45, 2.75) is 19.3 Å². The molecule has 0 amide bonds. The first-order chi connectivity index (χ1) is 25.6. The summed E-state index contributed by atoms with van der Waals surface area (Å²) in [5.74, 6) is 0. The summed E-state index contributed by atoms with van der Waals surface area (Å²) >= 11 is 1.87. The van der Waals surface area contributed by atoms with Gasteiger partial charge in [-0.3, -0.25) is 0 Å².